The van der Waals surface area contributed by atoms with Crippen LogP contribution in [-0.4, -0.2) is 48.7 Å². The summed E-state index contributed by atoms with van der Waals surface area (Å²) in [6, 6.07) is 19.6. The first kappa shape index (κ1) is 23.9. The predicted octanol–water partition coefficient (Wildman–Crippen LogP) is 3.34. The molecule has 0 aliphatic rings. The third kappa shape index (κ3) is 5.95. The number of benzene rings is 3. The lowest BCUT2D eigenvalue weighted by Gasteiger charge is -2.20. The molecule has 0 radical (unpaired) electrons. The quantitative estimate of drug-likeness (QED) is 0.457. The van der Waals surface area contributed by atoms with E-state index in [1.54, 1.807) is 67.8 Å². The topological polar surface area (TPSA) is 94.2 Å². The van der Waals surface area contributed by atoms with Crippen molar-refractivity contribution in [1.82, 2.24) is 5.32 Å². The molecule has 0 saturated heterocycles. The zero-order chi connectivity index (χ0) is 23.8. The predicted molar refractivity (Wildman–Crippen MR) is 126 cm³/mol. The van der Waals surface area contributed by atoms with E-state index in [2.05, 4.69) is 5.32 Å². The maximum absolute atomic E-state index is 12.9. The van der Waals surface area contributed by atoms with Gasteiger partial charge in [-0.25, -0.2) is 8.42 Å². The third-order valence-corrected chi connectivity index (χ3v) is 6.73. The Morgan fingerprint density at radius 2 is 1.33 bits per heavy atom. The minimum atomic E-state index is -3.75. The van der Waals surface area contributed by atoms with E-state index < -0.39 is 10.0 Å². The molecular formula is C24H26N2O6S. The van der Waals surface area contributed by atoms with Crippen LogP contribution >= 0.6 is 0 Å². The van der Waals surface area contributed by atoms with Gasteiger partial charge in [-0.2, -0.15) is 0 Å². The van der Waals surface area contributed by atoms with Gasteiger partial charge in [-0.15, -0.1) is 0 Å². The standard InChI is InChI=1S/C24H26N2O6S/c1-26(33(28,29)23-14-12-21(31-3)13-15-23)19-6-4-18(5-7-19)24(27)25-16-17-32-22-10-8-20(30-2)9-11-22/h4-15H,16-17H2,1-3H3,(H,25,27). The van der Waals surface area contributed by atoms with E-state index >= 15 is 0 Å². The zero-order valence-corrected chi connectivity index (χ0v) is 19.5. The van der Waals surface area contributed by atoms with Crippen molar-refractivity contribution in [2.45, 2.75) is 4.90 Å². The second kappa shape index (κ2) is 10.7. The van der Waals surface area contributed by atoms with Crippen LogP contribution in [0.5, 0.6) is 17.2 Å². The van der Waals surface area contributed by atoms with Gasteiger partial charge in [0.1, 0.15) is 23.9 Å². The summed E-state index contributed by atoms with van der Waals surface area (Å²) in [6.07, 6.45) is 0. The average Bonchev–Trinajstić information content (AvgIpc) is 2.86. The van der Waals surface area contributed by atoms with Crippen molar-refractivity contribution in [3.05, 3.63) is 78.4 Å². The largest absolute Gasteiger partial charge is 0.497 e. The maximum atomic E-state index is 12.9. The summed E-state index contributed by atoms with van der Waals surface area (Å²) < 4.78 is 42.6. The van der Waals surface area contributed by atoms with E-state index in [4.69, 9.17) is 14.2 Å². The van der Waals surface area contributed by atoms with Crippen LogP contribution in [0.3, 0.4) is 0 Å². The molecule has 0 fully saturated rings. The number of nitrogens with one attached hydrogen (secondary N) is 1. The van der Waals surface area contributed by atoms with Crippen LogP contribution in [0.4, 0.5) is 5.69 Å². The van der Waals surface area contributed by atoms with Crippen LogP contribution in [-0.2, 0) is 10.0 Å². The van der Waals surface area contributed by atoms with E-state index in [0.29, 0.717) is 35.9 Å². The van der Waals surface area contributed by atoms with Crippen molar-refractivity contribution in [3.63, 3.8) is 0 Å². The molecule has 0 heterocycles. The number of rotatable bonds is 10. The number of ether oxygens (including phenoxy) is 3. The van der Waals surface area contributed by atoms with E-state index in [1.807, 2.05) is 0 Å². The van der Waals surface area contributed by atoms with Crippen LogP contribution in [0.2, 0.25) is 0 Å². The first-order valence-corrected chi connectivity index (χ1v) is 11.6. The number of carbonyl (C=O) groups excluding carboxylic acids is 1. The van der Waals surface area contributed by atoms with E-state index in [9.17, 15) is 13.2 Å². The summed E-state index contributed by atoms with van der Waals surface area (Å²) in [7, 11) is 0.826. The number of amides is 1. The molecule has 0 bridgehead atoms. The molecule has 33 heavy (non-hydrogen) atoms. The van der Waals surface area contributed by atoms with Gasteiger partial charge in [0, 0.05) is 12.6 Å². The Hall–Kier alpha value is -3.72. The molecule has 174 valence electrons. The van der Waals surface area contributed by atoms with Crippen molar-refractivity contribution in [2.24, 2.45) is 0 Å². The molecule has 0 spiro atoms. The number of nitrogens with zero attached hydrogens (tertiary/aromatic N) is 1. The highest BCUT2D eigenvalue weighted by Crippen LogP contribution is 2.24. The summed E-state index contributed by atoms with van der Waals surface area (Å²) in [4.78, 5) is 12.5. The average molecular weight is 471 g/mol. The molecule has 9 heteroatoms. The second-order valence-corrected chi connectivity index (χ2v) is 8.94. The molecular weight excluding hydrogens is 444 g/mol. The number of hydrogen-bond acceptors (Lipinski definition) is 6. The molecule has 3 rings (SSSR count). The van der Waals surface area contributed by atoms with Crippen molar-refractivity contribution < 1.29 is 27.4 Å². The Morgan fingerprint density at radius 3 is 1.88 bits per heavy atom. The summed E-state index contributed by atoms with van der Waals surface area (Å²) >= 11 is 0. The summed E-state index contributed by atoms with van der Waals surface area (Å²) in [5.41, 5.74) is 0.851. The Labute approximate surface area is 193 Å². The van der Waals surface area contributed by atoms with Gasteiger partial charge < -0.3 is 19.5 Å². The highest BCUT2D eigenvalue weighted by atomic mass is 32.2. The van der Waals surface area contributed by atoms with Gasteiger partial charge in [-0.3, -0.25) is 9.10 Å². The minimum absolute atomic E-state index is 0.143. The molecule has 0 saturated carbocycles. The van der Waals surface area contributed by atoms with Gasteiger partial charge in [0.2, 0.25) is 0 Å². The summed E-state index contributed by atoms with van der Waals surface area (Å²) in [6.45, 7) is 0.622. The van der Waals surface area contributed by atoms with Crippen LogP contribution in [0.15, 0.2) is 77.7 Å². The van der Waals surface area contributed by atoms with Crippen LogP contribution in [0.25, 0.3) is 0 Å². The van der Waals surface area contributed by atoms with Gasteiger partial charge in [0.25, 0.3) is 15.9 Å². The van der Waals surface area contributed by atoms with E-state index in [-0.39, 0.29) is 10.8 Å². The lowest BCUT2D eigenvalue weighted by molar-refractivity contribution is 0.0947. The van der Waals surface area contributed by atoms with Crippen LogP contribution < -0.4 is 23.8 Å². The van der Waals surface area contributed by atoms with Crippen molar-refractivity contribution in [1.29, 1.82) is 0 Å². The SMILES string of the molecule is COc1ccc(OCCNC(=O)c2ccc(N(C)S(=O)(=O)c3ccc(OC)cc3)cc2)cc1. The Morgan fingerprint density at radius 1 is 0.818 bits per heavy atom. The number of hydrogen-bond donors (Lipinski definition) is 1. The second-order valence-electron chi connectivity index (χ2n) is 6.97. The van der Waals surface area contributed by atoms with Gasteiger partial charge in [-0.05, 0) is 72.8 Å². The third-order valence-electron chi connectivity index (χ3n) is 4.93. The van der Waals surface area contributed by atoms with Crippen LogP contribution in [0.1, 0.15) is 10.4 Å². The minimum Gasteiger partial charge on any atom is -0.497 e. The zero-order valence-electron chi connectivity index (χ0n) is 18.6. The fourth-order valence-electron chi connectivity index (χ4n) is 2.97. The molecule has 0 aromatic heterocycles. The Balaban J connectivity index is 1.55. The molecule has 0 aliphatic carbocycles. The van der Waals surface area contributed by atoms with E-state index in [1.165, 1.54) is 30.6 Å². The van der Waals surface area contributed by atoms with Gasteiger partial charge >= 0.3 is 0 Å². The highest BCUT2D eigenvalue weighted by Gasteiger charge is 2.21. The number of carbonyl (C=O) groups is 1. The van der Waals surface area contributed by atoms with Crippen molar-refractivity contribution in [2.75, 3.05) is 38.7 Å². The fourth-order valence-corrected chi connectivity index (χ4v) is 4.17. The molecule has 3 aromatic rings. The smallest absolute Gasteiger partial charge is 0.264 e. The Bertz CT molecular complexity index is 1160. The lowest BCUT2D eigenvalue weighted by atomic mass is 10.2. The maximum Gasteiger partial charge on any atom is 0.264 e. The number of methoxy groups -OCH3 is 2. The highest BCUT2D eigenvalue weighted by molar-refractivity contribution is 7.92. The lowest BCUT2D eigenvalue weighted by Crippen LogP contribution is -2.28. The normalized spacial score (nSPS) is 10.9. The molecule has 0 atom stereocenters. The Kier molecular flexibility index (Phi) is 7.78. The summed E-state index contributed by atoms with van der Waals surface area (Å²) in [5, 5.41) is 2.77. The molecule has 0 aliphatic heterocycles. The van der Waals surface area contributed by atoms with Gasteiger partial charge in [-0.1, -0.05) is 0 Å². The number of anilines is 1. The first-order chi connectivity index (χ1) is 15.8. The molecule has 3 aromatic carbocycles. The van der Waals surface area contributed by atoms with Gasteiger partial charge in [0.05, 0.1) is 31.3 Å². The summed E-state index contributed by atoms with van der Waals surface area (Å²) in [5.74, 6) is 1.71. The molecule has 0 unspecified atom stereocenters. The van der Waals surface area contributed by atoms with Crippen LogP contribution in [0, 0.1) is 0 Å². The first-order valence-electron chi connectivity index (χ1n) is 10.1. The molecule has 1 N–H and O–H groups in total. The molecule has 8 nitrogen and oxygen atoms in total. The molecule has 1 amide bonds. The monoisotopic (exact) mass is 470 g/mol. The van der Waals surface area contributed by atoms with E-state index in [0.717, 1.165) is 5.75 Å². The number of sulfonamides is 1. The van der Waals surface area contributed by atoms with Crippen molar-refractivity contribution >= 4 is 21.6 Å². The van der Waals surface area contributed by atoms with Gasteiger partial charge in [0.15, 0.2) is 0 Å². The fraction of sp³-hybridized carbons (Fsp3) is 0.208. The van der Waals surface area contributed by atoms with Crippen molar-refractivity contribution in [3.8, 4) is 17.2 Å².